The number of carbonyl (C=O) groups is 1. The minimum absolute atomic E-state index is 0.0545. The lowest BCUT2D eigenvalue weighted by molar-refractivity contribution is -0.134. The third-order valence-corrected chi connectivity index (χ3v) is 5.53. The van der Waals surface area contributed by atoms with Crippen molar-refractivity contribution in [2.24, 2.45) is 0 Å². The summed E-state index contributed by atoms with van der Waals surface area (Å²) in [7, 11) is 1.70. The zero-order valence-electron chi connectivity index (χ0n) is 14.2. The fourth-order valence-corrected chi connectivity index (χ4v) is 4.11. The highest BCUT2D eigenvalue weighted by Crippen LogP contribution is 2.34. The lowest BCUT2D eigenvalue weighted by atomic mass is 9.89. The van der Waals surface area contributed by atoms with Crippen LogP contribution in [0.5, 0.6) is 5.75 Å². The molecule has 0 spiro atoms. The standard InChI is InChI=1S/C19H25N3O2/c1-24-14-4-5-17-15(11-14)16(12-21-17)13-6-9-22(10-7-13)19(23)18-3-2-8-20-18/h4-5,11-13,18,20-21H,2-3,6-10H2,1H3. The first-order valence-corrected chi connectivity index (χ1v) is 8.93. The number of aromatic nitrogens is 1. The second-order valence-electron chi connectivity index (χ2n) is 6.90. The van der Waals surface area contributed by atoms with E-state index in [1.54, 1.807) is 7.11 Å². The molecular weight excluding hydrogens is 302 g/mol. The van der Waals surface area contributed by atoms with Gasteiger partial charge >= 0.3 is 0 Å². The maximum absolute atomic E-state index is 12.5. The van der Waals surface area contributed by atoms with E-state index >= 15 is 0 Å². The Morgan fingerprint density at radius 2 is 2.08 bits per heavy atom. The van der Waals surface area contributed by atoms with Crippen molar-refractivity contribution in [2.45, 2.75) is 37.6 Å². The molecule has 0 saturated carbocycles. The van der Waals surface area contributed by atoms with Gasteiger partial charge in [0.05, 0.1) is 13.2 Å². The van der Waals surface area contributed by atoms with Crippen LogP contribution < -0.4 is 10.1 Å². The van der Waals surface area contributed by atoms with E-state index < -0.39 is 0 Å². The Kier molecular flexibility index (Phi) is 4.19. The van der Waals surface area contributed by atoms with E-state index in [1.165, 1.54) is 10.9 Å². The summed E-state index contributed by atoms with van der Waals surface area (Å²) in [6, 6.07) is 6.22. The maximum atomic E-state index is 12.5. The van der Waals surface area contributed by atoms with E-state index in [2.05, 4.69) is 33.5 Å². The molecule has 2 N–H and O–H groups in total. The molecular formula is C19H25N3O2. The van der Waals surface area contributed by atoms with Gasteiger partial charge in [-0.3, -0.25) is 4.79 Å². The number of H-pyrrole nitrogens is 1. The summed E-state index contributed by atoms with van der Waals surface area (Å²) in [5.41, 5.74) is 2.51. The number of hydrogen-bond acceptors (Lipinski definition) is 3. The highest BCUT2D eigenvalue weighted by atomic mass is 16.5. The molecule has 1 aromatic heterocycles. The minimum atomic E-state index is 0.0545. The van der Waals surface area contributed by atoms with Crippen molar-refractivity contribution >= 4 is 16.8 Å². The average Bonchev–Trinajstić information content (AvgIpc) is 3.30. The summed E-state index contributed by atoms with van der Waals surface area (Å²) in [4.78, 5) is 18.0. The fraction of sp³-hybridized carbons (Fsp3) is 0.526. The number of aromatic amines is 1. The number of carbonyl (C=O) groups excluding carboxylic acids is 1. The normalized spacial score (nSPS) is 22.2. The molecule has 3 heterocycles. The maximum Gasteiger partial charge on any atom is 0.239 e. The summed E-state index contributed by atoms with van der Waals surface area (Å²) in [6.07, 6.45) is 6.29. The molecule has 1 unspecified atom stereocenters. The number of nitrogens with one attached hydrogen (secondary N) is 2. The predicted octanol–water partition coefficient (Wildman–Crippen LogP) is 2.63. The van der Waals surface area contributed by atoms with Crippen molar-refractivity contribution in [3.8, 4) is 5.75 Å². The Labute approximate surface area is 142 Å². The Bertz CT molecular complexity index is 725. The van der Waals surface area contributed by atoms with E-state index in [-0.39, 0.29) is 6.04 Å². The van der Waals surface area contributed by atoms with E-state index in [9.17, 15) is 4.79 Å². The molecule has 128 valence electrons. The third kappa shape index (κ3) is 2.77. The minimum Gasteiger partial charge on any atom is -0.497 e. The third-order valence-electron chi connectivity index (χ3n) is 5.53. The number of methoxy groups -OCH3 is 1. The van der Waals surface area contributed by atoms with Crippen LogP contribution in [-0.2, 0) is 4.79 Å². The molecule has 1 atom stereocenters. The Hall–Kier alpha value is -2.01. The van der Waals surface area contributed by atoms with Crippen molar-refractivity contribution in [3.05, 3.63) is 30.0 Å². The smallest absolute Gasteiger partial charge is 0.239 e. The number of benzene rings is 1. The highest BCUT2D eigenvalue weighted by Gasteiger charge is 2.30. The monoisotopic (exact) mass is 327 g/mol. The van der Waals surface area contributed by atoms with E-state index in [4.69, 9.17) is 4.74 Å². The van der Waals surface area contributed by atoms with Gasteiger partial charge in [-0.15, -0.1) is 0 Å². The first-order valence-electron chi connectivity index (χ1n) is 8.93. The molecule has 24 heavy (non-hydrogen) atoms. The molecule has 0 bridgehead atoms. The van der Waals surface area contributed by atoms with Crippen LogP contribution in [0.1, 0.15) is 37.2 Å². The summed E-state index contributed by atoms with van der Waals surface area (Å²) in [5.74, 6) is 1.70. The van der Waals surface area contributed by atoms with Crippen LogP contribution in [0.4, 0.5) is 0 Å². The van der Waals surface area contributed by atoms with Crippen molar-refractivity contribution in [3.63, 3.8) is 0 Å². The Morgan fingerprint density at radius 1 is 1.25 bits per heavy atom. The van der Waals surface area contributed by atoms with E-state index in [0.29, 0.717) is 11.8 Å². The first-order chi connectivity index (χ1) is 11.8. The fourth-order valence-electron chi connectivity index (χ4n) is 4.11. The predicted molar refractivity (Wildman–Crippen MR) is 94.4 cm³/mol. The lowest BCUT2D eigenvalue weighted by Crippen LogP contribution is -2.46. The van der Waals surface area contributed by atoms with Crippen LogP contribution in [0.3, 0.4) is 0 Å². The topological polar surface area (TPSA) is 57.4 Å². The van der Waals surface area contributed by atoms with E-state index in [0.717, 1.165) is 56.6 Å². The second-order valence-corrected chi connectivity index (χ2v) is 6.90. The highest BCUT2D eigenvalue weighted by molar-refractivity contribution is 5.85. The number of rotatable bonds is 3. The number of nitrogens with zero attached hydrogens (tertiary/aromatic N) is 1. The number of likely N-dealkylation sites (tertiary alicyclic amines) is 1. The Morgan fingerprint density at radius 3 is 2.79 bits per heavy atom. The average molecular weight is 327 g/mol. The van der Waals surface area contributed by atoms with Crippen molar-refractivity contribution < 1.29 is 9.53 Å². The number of hydrogen-bond donors (Lipinski definition) is 2. The largest absolute Gasteiger partial charge is 0.497 e. The number of fused-ring (bicyclic) bond motifs is 1. The van der Waals surface area contributed by atoms with Crippen LogP contribution in [-0.4, -0.2) is 48.6 Å². The van der Waals surface area contributed by atoms with Gasteiger partial charge in [0.25, 0.3) is 0 Å². The summed E-state index contributed by atoms with van der Waals surface area (Å²) < 4.78 is 5.37. The summed E-state index contributed by atoms with van der Waals surface area (Å²) in [5, 5.41) is 4.57. The summed E-state index contributed by atoms with van der Waals surface area (Å²) in [6.45, 7) is 2.70. The van der Waals surface area contributed by atoms with Crippen molar-refractivity contribution in [1.82, 2.24) is 15.2 Å². The molecule has 5 heteroatoms. The van der Waals surface area contributed by atoms with E-state index in [1.807, 2.05) is 6.07 Å². The molecule has 2 aliphatic heterocycles. The van der Waals surface area contributed by atoms with Gasteiger partial charge in [-0.1, -0.05) is 0 Å². The van der Waals surface area contributed by atoms with Crippen molar-refractivity contribution in [1.29, 1.82) is 0 Å². The number of amides is 1. The Balaban J connectivity index is 1.46. The van der Waals surface area contributed by atoms with Gasteiger partial charge in [-0.2, -0.15) is 0 Å². The molecule has 2 aromatic rings. The number of ether oxygens (including phenoxy) is 1. The van der Waals surface area contributed by atoms with Gasteiger partial charge in [-0.05, 0) is 61.9 Å². The van der Waals surface area contributed by atoms with Crippen LogP contribution in [0, 0.1) is 0 Å². The molecule has 2 aliphatic rings. The lowest BCUT2D eigenvalue weighted by Gasteiger charge is -2.33. The van der Waals surface area contributed by atoms with Crippen LogP contribution in [0.25, 0.3) is 10.9 Å². The quantitative estimate of drug-likeness (QED) is 0.911. The molecule has 0 aliphatic carbocycles. The van der Waals surface area contributed by atoms with Gasteiger partial charge in [0.1, 0.15) is 5.75 Å². The second kappa shape index (κ2) is 6.48. The molecule has 1 aromatic carbocycles. The van der Waals surface area contributed by atoms with Crippen LogP contribution >= 0.6 is 0 Å². The zero-order valence-corrected chi connectivity index (χ0v) is 14.2. The molecule has 2 saturated heterocycles. The summed E-state index contributed by atoms with van der Waals surface area (Å²) >= 11 is 0. The molecule has 5 nitrogen and oxygen atoms in total. The molecule has 1 amide bonds. The molecule has 4 rings (SSSR count). The zero-order chi connectivity index (χ0) is 16.5. The molecule has 2 fully saturated rings. The van der Waals surface area contributed by atoms with Gasteiger partial charge in [0, 0.05) is 30.2 Å². The van der Waals surface area contributed by atoms with Crippen molar-refractivity contribution in [2.75, 3.05) is 26.7 Å². The van der Waals surface area contributed by atoms with Gasteiger partial charge < -0.3 is 19.9 Å². The first kappa shape index (κ1) is 15.5. The van der Waals surface area contributed by atoms with Crippen LogP contribution in [0.15, 0.2) is 24.4 Å². The number of piperidine rings is 1. The van der Waals surface area contributed by atoms with Gasteiger partial charge in [0.2, 0.25) is 5.91 Å². The van der Waals surface area contributed by atoms with Gasteiger partial charge in [0.15, 0.2) is 0 Å². The SMILES string of the molecule is COc1ccc2[nH]cc(C3CCN(C(=O)C4CCCN4)CC3)c2c1. The van der Waals surface area contributed by atoms with Crippen LogP contribution in [0.2, 0.25) is 0 Å². The molecule has 0 radical (unpaired) electrons. The van der Waals surface area contributed by atoms with Gasteiger partial charge in [-0.25, -0.2) is 0 Å².